The molecule has 2 aromatic rings. The van der Waals surface area contributed by atoms with Gasteiger partial charge in [0.25, 0.3) is 0 Å². The Labute approximate surface area is 130 Å². The van der Waals surface area contributed by atoms with Crippen LogP contribution in [0.1, 0.15) is 11.3 Å². The average molecular weight is 351 g/mol. The van der Waals surface area contributed by atoms with E-state index in [-0.39, 0.29) is 5.84 Å². The minimum absolute atomic E-state index is 0.0119. The zero-order chi connectivity index (χ0) is 15.2. The third kappa shape index (κ3) is 3.85. The van der Waals surface area contributed by atoms with Gasteiger partial charge in [0, 0.05) is 24.5 Å². The van der Waals surface area contributed by atoms with Gasteiger partial charge in [-0.1, -0.05) is 5.16 Å². The molecule has 6 nitrogen and oxygen atoms in total. The molecule has 0 saturated carbocycles. The predicted molar refractivity (Wildman–Crippen MR) is 84.8 cm³/mol. The van der Waals surface area contributed by atoms with Crippen molar-refractivity contribution in [2.75, 3.05) is 12.4 Å². The Morgan fingerprint density at radius 2 is 2.24 bits per heavy atom. The van der Waals surface area contributed by atoms with Crippen LogP contribution < -0.4 is 15.8 Å². The third-order valence-corrected chi connectivity index (χ3v) is 3.50. The first-order valence-corrected chi connectivity index (χ1v) is 6.93. The van der Waals surface area contributed by atoms with E-state index in [2.05, 4.69) is 31.4 Å². The van der Waals surface area contributed by atoms with Crippen LogP contribution in [0.3, 0.4) is 0 Å². The molecule has 4 N–H and O–H groups in total. The van der Waals surface area contributed by atoms with Crippen molar-refractivity contribution in [3.05, 3.63) is 52.3 Å². The SMILES string of the molecule is COc1cc(NCc2ccnc(/C(N)=N/O)c2)ccc1Br. The van der Waals surface area contributed by atoms with Crippen molar-refractivity contribution in [3.63, 3.8) is 0 Å². The molecule has 0 radical (unpaired) electrons. The lowest BCUT2D eigenvalue weighted by atomic mass is 10.2. The number of aromatic nitrogens is 1. The van der Waals surface area contributed by atoms with Crippen LogP contribution in [0.5, 0.6) is 5.75 Å². The summed E-state index contributed by atoms with van der Waals surface area (Å²) in [7, 11) is 1.62. The molecule has 0 aliphatic heterocycles. The molecule has 0 saturated heterocycles. The lowest BCUT2D eigenvalue weighted by molar-refractivity contribution is 0.318. The Hall–Kier alpha value is -2.28. The lowest BCUT2D eigenvalue weighted by Crippen LogP contribution is -2.15. The lowest BCUT2D eigenvalue weighted by Gasteiger charge is -2.10. The highest BCUT2D eigenvalue weighted by molar-refractivity contribution is 9.10. The maximum absolute atomic E-state index is 8.66. The van der Waals surface area contributed by atoms with Crippen molar-refractivity contribution in [2.45, 2.75) is 6.54 Å². The van der Waals surface area contributed by atoms with E-state index in [4.69, 9.17) is 15.7 Å². The van der Waals surface area contributed by atoms with Gasteiger partial charge < -0.3 is 21.0 Å². The number of amidine groups is 1. The molecule has 2 rings (SSSR count). The second kappa shape index (κ2) is 6.94. The molecule has 1 heterocycles. The van der Waals surface area contributed by atoms with E-state index < -0.39 is 0 Å². The molecule has 0 amide bonds. The van der Waals surface area contributed by atoms with Crippen molar-refractivity contribution < 1.29 is 9.94 Å². The number of nitrogens with two attached hydrogens (primary N) is 1. The van der Waals surface area contributed by atoms with Gasteiger partial charge in [-0.3, -0.25) is 4.98 Å². The molecule has 110 valence electrons. The molecule has 0 fully saturated rings. The highest BCUT2D eigenvalue weighted by Crippen LogP contribution is 2.28. The normalized spacial score (nSPS) is 11.2. The monoisotopic (exact) mass is 350 g/mol. The largest absolute Gasteiger partial charge is 0.495 e. The summed E-state index contributed by atoms with van der Waals surface area (Å²) in [5, 5.41) is 14.9. The van der Waals surface area contributed by atoms with Gasteiger partial charge in [0.15, 0.2) is 5.84 Å². The first-order valence-electron chi connectivity index (χ1n) is 6.14. The Morgan fingerprint density at radius 1 is 1.43 bits per heavy atom. The first kappa shape index (κ1) is 15.1. The summed E-state index contributed by atoms with van der Waals surface area (Å²) in [6, 6.07) is 9.37. The Bertz CT molecular complexity index is 661. The molecular formula is C14H15BrN4O2. The Kier molecular flexibility index (Phi) is 4.99. The number of anilines is 1. The minimum atomic E-state index is -0.0119. The third-order valence-electron chi connectivity index (χ3n) is 2.84. The van der Waals surface area contributed by atoms with Crippen LogP contribution in [0.2, 0.25) is 0 Å². The van der Waals surface area contributed by atoms with E-state index in [0.717, 1.165) is 21.5 Å². The number of nitrogens with zero attached hydrogens (tertiary/aromatic N) is 2. The van der Waals surface area contributed by atoms with E-state index in [1.807, 2.05) is 24.3 Å². The number of nitrogens with one attached hydrogen (secondary N) is 1. The summed E-state index contributed by atoms with van der Waals surface area (Å²) in [6.07, 6.45) is 1.62. The molecule has 1 aromatic heterocycles. The number of hydrogen-bond donors (Lipinski definition) is 3. The molecule has 0 spiro atoms. The predicted octanol–water partition coefficient (Wildman–Crippen LogP) is 2.56. The Balaban J connectivity index is 2.09. The number of hydrogen-bond acceptors (Lipinski definition) is 5. The molecule has 1 aromatic carbocycles. The van der Waals surface area contributed by atoms with Gasteiger partial charge in [-0.25, -0.2) is 0 Å². The number of ether oxygens (including phenoxy) is 1. The highest BCUT2D eigenvalue weighted by Gasteiger charge is 2.04. The van der Waals surface area contributed by atoms with Crippen LogP contribution in [-0.2, 0) is 6.54 Å². The van der Waals surface area contributed by atoms with Gasteiger partial charge in [-0.2, -0.15) is 0 Å². The van der Waals surface area contributed by atoms with Gasteiger partial charge in [-0.05, 0) is 45.8 Å². The number of pyridine rings is 1. The molecular weight excluding hydrogens is 336 g/mol. The number of benzene rings is 1. The quantitative estimate of drug-likeness (QED) is 0.333. The van der Waals surface area contributed by atoms with Gasteiger partial charge in [-0.15, -0.1) is 0 Å². The van der Waals surface area contributed by atoms with Crippen LogP contribution >= 0.6 is 15.9 Å². The van der Waals surface area contributed by atoms with Crippen molar-refractivity contribution in [1.29, 1.82) is 0 Å². The summed E-state index contributed by atoms with van der Waals surface area (Å²) in [5.41, 5.74) is 7.85. The van der Waals surface area contributed by atoms with E-state index >= 15 is 0 Å². The number of methoxy groups -OCH3 is 1. The first-order chi connectivity index (χ1) is 10.1. The number of halogens is 1. The number of rotatable bonds is 5. The van der Waals surface area contributed by atoms with Crippen LogP contribution in [0.25, 0.3) is 0 Å². The topological polar surface area (TPSA) is 92.8 Å². The average Bonchev–Trinajstić information content (AvgIpc) is 2.53. The molecule has 0 atom stereocenters. The molecule has 21 heavy (non-hydrogen) atoms. The summed E-state index contributed by atoms with van der Waals surface area (Å²) >= 11 is 3.41. The molecule has 7 heteroatoms. The highest BCUT2D eigenvalue weighted by atomic mass is 79.9. The maximum Gasteiger partial charge on any atom is 0.188 e. The second-order valence-corrected chi connectivity index (χ2v) is 5.09. The van der Waals surface area contributed by atoms with Gasteiger partial charge in [0.2, 0.25) is 0 Å². The molecule has 0 aliphatic rings. The van der Waals surface area contributed by atoms with E-state index in [0.29, 0.717) is 12.2 Å². The zero-order valence-corrected chi connectivity index (χ0v) is 13.0. The molecule has 0 bridgehead atoms. The fraction of sp³-hybridized carbons (Fsp3) is 0.143. The molecule has 0 aliphatic carbocycles. The van der Waals surface area contributed by atoms with Crippen LogP contribution in [0.4, 0.5) is 5.69 Å². The molecule has 0 unspecified atom stereocenters. The zero-order valence-electron chi connectivity index (χ0n) is 11.4. The number of oxime groups is 1. The summed E-state index contributed by atoms with van der Waals surface area (Å²) in [5.74, 6) is 0.745. The van der Waals surface area contributed by atoms with Gasteiger partial charge >= 0.3 is 0 Å². The summed E-state index contributed by atoms with van der Waals surface area (Å²) in [4.78, 5) is 4.03. The fourth-order valence-corrected chi connectivity index (χ4v) is 2.16. The van der Waals surface area contributed by atoms with E-state index in [1.165, 1.54) is 0 Å². The summed E-state index contributed by atoms with van der Waals surface area (Å²) in [6.45, 7) is 0.582. The van der Waals surface area contributed by atoms with Crippen LogP contribution in [0.15, 0.2) is 46.2 Å². The summed E-state index contributed by atoms with van der Waals surface area (Å²) < 4.78 is 6.14. The van der Waals surface area contributed by atoms with Crippen molar-refractivity contribution in [1.82, 2.24) is 4.98 Å². The fourth-order valence-electron chi connectivity index (χ4n) is 1.75. The van der Waals surface area contributed by atoms with Gasteiger partial charge in [0.05, 0.1) is 11.6 Å². The smallest absolute Gasteiger partial charge is 0.188 e. The van der Waals surface area contributed by atoms with Crippen LogP contribution in [-0.4, -0.2) is 23.1 Å². The Morgan fingerprint density at radius 3 is 2.95 bits per heavy atom. The van der Waals surface area contributed by atoms with Gasteiger partial charge in [0.1, 0.15) is 11.4 Å². The maximum atomic E-state index is 8.66. The minimum Gasteiger partial charge on any atom is -0.495 e. The van der Waals surface area contributed by atoms with E-state index in [1.54, 1.807) is 19.4 Å². The van der Waals surface area contributed by atoms with Crippen LogP contribution in [0, 0.1) is 0 Å². The standard InChI is InChI=1S/C14H15BrN4O2/c1-21-13-7-10(2-3-11(13)15)18-8-9-4-5-17-12(6-9)14(16)19-20/h2-7,18,20H,8H2,1H3,(H2,16,19). The van der Waals surface area contributed by atoms with Crippen molar-refractivity contribution in [3.8, 4) is 5.75 Å². The van der Waals surface area contributed by atoms with Crippen molar-refractivity contribution in [2.24, 2.45) is 10.9 Å². The van der Waals surface area contributed by atoms with E-state index in [9.17, 15) is 0 Å². The second-order valence-electron chi connectivity index (χ2n) is 4.24. The van der Waals surface area contributed by atoms with Crippen molar-refractivity contribution >= 4 is 27.5 Å².